The van der Waals surface area contributed by atoms with Crippen molar-refractivity contribution >= 4 is 17.3 Å². The number of amides is 1. The van der Waals surface area contributed by atoms with E-state index in [9.17, 15) is 4.79 Å². The van der Waals surface area contributed by atoms with Gasteiger partial charge in [0.25, 0.3) is 5.91 Å². The van der Waals surface area contributed by atoms with Gasteiger partial charge in [-0.2, -0.15) is 0 Å². The molecule has 0 aliphatic carbocycles. The molecule has 3 N–H and O–H groups in total. The van der Waals surface area contributed by atoms with E-state index >= 15 is 0 Å². The number of hydrogen-bond donors (Lipinski definition) is 2. The smallest absolute Gasteiger partial charge is 0.250 e. The molecule has 0 radical (unpaired) electrons. The molecule has 0 atom stereocenters. The molecule has 0 saturated carbocycles. The Morgan fingerprint density at radius 1 is 1.46 bits per heavy atom. The molecule has 0 saturated heterocycles. The highest BCUT2D eigenvalue weighted by molar-refractivity contribution is 6.04. The number of nitrogens with two attached hydrogens (primary N) is 1. The lowest BCUT2D eigenvalue weighted by Gasteiger charge is -2.06. The molecule has 0 spiro atoms. The Labute approximate surface area is 77.3 Å². The molecule has 1 aromatic rings. The minimum atomic E-state index is -0.210. The second kappa shape index (κ2) is 3.76. The average molecular weight is 176 g/mol. The molecular formula is C10H12N2O. The number of benzene rings is 1. The van der Waals surface area contributed by atoms with Gasteiger partial charge in [0.15, 0.2) is 0 Å². The first-order valence-corrected chi connectivity index (χ1v) is 3.92. The van der Waals surface area contributed by atoms with E-state index in [1.165, 1.54) is 0 Å². The topological polar surface area (TPSA) is 55.1 Å². The summed E-state index contributed by atoms with van der Waals surface area (Å²) < 4.78 is 0. The third-order valence-corrected chi connectivity index (χ3v) is 1.60. The summed E-state index contributed by atoms with van der Waals surface area (Å²) >= 11 is 0. The van der Waals surface area contributed by atoms with Gasteiger partial charge < -0.3 is 11.1 Å². The standard InChI is InChI=1S/C10H12N2O/c1-7(2)10(13)12-9-6-4-3-5-8(9)11/h3-6H,1,11H2,2H3,(H,12,13). The Hall–Kier alpha value is -1.77. The van der Waals surface area contributed by atoms with Gasteiger partial charge >= 0.3 is 0 Å². The van der Waals surface area contributed by atoms with Crippen LogP contribution in [0.15, 0.2) is 36.4 Å². The molecule has 3 nitrogen and oxygen atoms in total. The van der Waals surface area contributed by atoms with Crippen LogP contribution in [-0.2, 0) is 4.79 Å². The lowest BCUT2D eigenvalue weighted by atomic mass is 10.2. The maximum Gasteiger partial charge on any atom is 0.250 e. The minimum absolute atomic E-state index is 0.210. The van der Waals surface area contributed by atoms with E-state index < -0.39 is 0 Å². The largest absolute Gasteiger partial charge is 0.397 e. The zero-order chi connectivity index (χ0) is 9.84. The molecule has 0 aliphatic heterocycles. The first kappa shape index (κ1) is 9.32. The first-order valence-electron chi connectivity index (χ1n) is 3.92. The van der Waals surface area contributed by atoms with E-state index in [0.29, 0.717) is 16.9 Å². The van der Waals surface area contributed by atoms with Crippen molar-refractivity contribution in [3.8, 4) is 0 Å². The van der Waals surface area contributed by atoms with Gasteiger partial charge in [-0.3, -0.25) is 4.79 Å². The Morgan fingerprint density at radius 2 is 2.08 bits per heavy atom. The first-order chi connectivity index (χ1) is 6.11. The Bertz CT molecular complexity index is 345. The number of nitrogens with one attached hydrogen (secondary N) is 1. The molecule has 1 rings (SSSR count). The molecule has 0 heterocycles. The van der Waals surface area contributed by atoms with Crippen molar-refractivity contribution in [3.05, 3.63) is 36.4 Å². The summed E-state index contributed by atoms with van der Waals surface area (Å²) in [7, 11) is 0. The third-order valence-electron chi connectivity index (χ3n) is 1.60. The number of para-hydroxylation sites is 2. The van der Waals surface area contributed by atoms with Crippen LogP contribution in [0.25, 0.3) is 0 Å². The molecular weight excluding hydrogens is 164 g/mol. The van der Waals surface area contributed by atoms with Crippen LogP contribution in [-0.4, -0.2) is 5.91 Å². The molecule has 0 aliphatic rings. The summed E-state index contributed by atoms with van der Waals surface area (Å²) in [5.74, 6) is -0.210. The van der Waals surface area contributed by atoms with Crippen LogP contribution in [0, 0.1) is 0 Å². The quantitative estimate of drug-likeness (QED) is 0.533. The highest BCUT2D eigenvalue weighted by Crippen LogP contribution is 2.16. The van der Waals surface area contributed by atoms with Crippen molar-refractivity contribution in [2.45, 2.75) is 6.92 Å². The van der Waals surface area contributed by atoms with Crippen LogP contribution in [0.1, 0.15) is 6.92 Å². The monoisotopic (exact) mass is 176 g/mol. The van der Waals surface area contributed by atoms with E-state index in [0.717, 1.165) is 0 Å². The molecule has 0 unspecified atom stereocenters. The zero-order valence-electron chi connectivity index (χ0n) is 7.50. The predicted octanol–water partition coefficient (Wildman–Crippen LogP) is 1.78. The summed E-state index contributed by atoms with van der Waals surface area (Å²) in [5, 5.41) is 2.65. The van der Waals surface area contributed by atoms with Crippen LogP contribution in [0.5, 0.6) is 0 Å². The Balaban J connectivity index is 2.81. The van der Waals surface area contributed by atoms with Gasteiger partial charge in [0.2, 0.25) is 0 Å². The lowest BCUT2D eigenvalue weighted by Crippen LogP contribution is -2.12. The third kappa shape index (κ3) is 2.33. The van der Waals surface area contributed by atoms with E-state index in [2.05, 4.69) is 11.9 Å². The molecule has 1 aromatic carbocycles. The highest BCUT2D eigenvalue weighted by atomic mass is 16.1. The van der Waals surface area contributed by atoms with Gasteiger partial charge in [0.05, 0.1) is 11.4 Å². The Kier molecular flexibility index (Phi) is 2.69. The molecule has 0 aromatic heterocycles. The van der Waals surface area contributed by atoms with Crippen LogP contribution in [0.4, 0.5) is 11.4 Å². The normalized spacial score (nSPS) is 9.31. The zero-order valence-corrected chi connectivity index (χ0v) is 7.50. The number of carbonyl (C=O) groups is 1. The number of nitrogen functional groups attached to an aromatic ring is 1. The van der Waals surface area contributed by atoms with Crippen molar-refractivity contribution in [3.63, 3.8) is 0 Å². The van der Waals surface area contributed by atoms with Gasteiger partial charge in [-0.25, -0.2) is 0 Å². The predicted molar refractivity (Wildman–Crippen MR) is 54.3 cm³/mol. The second-order valence-electron chi connectivity index (χ2n) is 2.82. The van der Waals surface area contributed by atoms with Gasteiger partial charge in [-0.15, -0.1) is 0 Å². The van der Waals surface area contributed by atoms with E-state index in [4.69, 9.17) is 5.73 Å². The van der Waals surface area contributed by atoms with Crippen LogP contribution >= 0.6 is 0 Å². The van der Waals surface area contributed by atoms with Crippen molar-refractivity contribution in [2.24, 2.45) is 0 Å². The van der Waals surface area contributed by atoms with Crippen LogP contribution in [0.2, 0.25) is 0 Å². The van der Waals surface area contributed by atoms with Crippen LogP contribution in [0.3, 0.4) is 0 Å². The van der Waals surface area contributed by atoms with Crippen molar-refractivity contribution < 1.29 is 4.79 Å². The van der Waals surface area contributed by atoms with Crippen molar-refractivity contribution in [2.75, 3.05) is 11.1 Å². The van der Waals surface area contributed by atoms with Gasteiger partial charge in [-0.1, -0.05) is 18.7 Å². The number of hydrogen-bond acceptors (Lipinski definition) is 2. The Morgan fingerprint density at radius 3 is 2.62 bits per heavy atom. The van der Waals surface area contributed by atoms with Crippen LogP contribution < -0.4 is 11.1 Å². The number of rotatable bonds is 2. The SMILES string of the molecule is C=C(C)C(=O)Nc1ccccc1N. The van der Waals surface area contributed by atoms with Gasteiger partial charge in [-0.05, 0) is 19.1 Å². The van der Waals surface area contributed by atoms with Crippen molar-refractivity contribution in [1.82, 2.24) is 0 Å². The molecule has 0 bridgehead atoms. The molecule has 0 fully saturated rings. The number of carbonyl (C=O) groups excluding carboxylic acids is 1. The van der Waals surface area contributed by atoms with E-state index in [1.807, 2.05) is 12.1 Å². The summed E-state index contributed by atoms with van der Waals surface area (Å²) in [5.41, 5.74) is 7.26. The molecule has 68 valence electrons. The fraction of sp³-hybridized carbons (Fsp3) is 0.100. The second-order valence-corrected chi connectivity index (χ2v) is 2.82. The number of anilines is 2. The van der Waals surface area contributed by atoms with E-state index in [-0.39, 0.29) is 5.91 Å². The summed E-state index contributed by atoms with van der Waals surface area (Å²) in [4.78, 5) is 11.2. The summed E-state index contributed by atoms with van der Waals surface area (Å²) in [6.45, 7) is 5.18. The van der Waals surface area contributed by atoms with Gasteiger partial charge in [0.1, 0.15) is 0 Å². The minimum Gasteiger partial charge on any atom is -0.397 e. The highest BCUT2D eigenvalue weighted by Gasteiger charge is 2.03. The lowest BCUT2D eigenvalue weighted by molar-refractivity contribution is -0.112. The van der Waals surface area contributed by atoms with E-state index in [1.54, 1.807) is 19.1 Å². The fourth-order valence-corrected chi connectivity index (χ4v) is 0.840. The maximum absolute atomic E-state index is 11.2. The summed E-state index contributed by atoms with van der Waals surface area (Å²) in [6, 6.07) is 7.10. The average Bonchev–Trinajstić information content (AvgIpc) is 2.08. The molecule has 13 heavy (non-hydrogen) atoms. The summed E-state index contributed by atoms with van der Waals surface area (Å²) in [6.07, 6.45) is 0. The maximum atomic E-state index is 11.2. The van der Waals surface area contributed by atoms with Gasteiger partial charge in [0, 0.05) is 5.57 Å². The fourth-order valence-electron chi connectivity index (χ4n) is 0.840. The van der Waals surface area contributed by atoms with Crippen molar-refractivity contribution in [1.29, 1.82) is 0 Å². The molecule has 1 amide bonds. The molecule has 3 heteroatoms.